The fraction of sp³-hybridized carbons (Fsp3) is 0.909. The first kappa shape index (κ1) is 14.2. The van der Waals surface area contributed by atoms with E-state index >= 15 is 0 Å². The van der Waals surface area contributed by atoms with E-state index in [1.165, 1.54) is 0 Å². The molecule has 4 nitrogen and oxygen atoms in total. The Labute approximate surface area is 92.4 Å². The number of nitrogens with one attached hydrogen (secondary N) is 2. The van der Waals surface area contributed by atoms with Gasteiger partial charge in [0, 0.05) is 18.1 Å². The maximum absolute atomic E-state index is 10.6. The molecule has 0 aromatic heterocycles. The van der Waals surface area contributed by atoms with E-state index in [0.717, 1.165) is 0 Å². The van der Waals surface area contributed by atoms with Crippen molar-refractivity contribution in [1.29, 1.82) is 0 Å². The summed E-state index contributed by atoms with van der Waals surface area (Å²) < 4.78 is 0. The third kappa shape index (κ3) is 7.19. The summed E-state index contributed by atoms with van der Waals surface area (Å²) in [4.78, 5) is 10.6. The lowest BCUT2D eigenvalue weighted by atomic mass is 9.86. The Balaban J connectivity index is 4.33. The number of hydrogen-bond donors (Lipinski definition) is 3. The first-order valence-corrected chi connectivity index (χ1v) is 5.27. The highest BCUT2D eigenvalue weighted by Gasteiger charge is 2.27. The molecule has 0 spiro atoms. The second-order valence-corrected chi connectivity index (χ2v) is 6.00. The zero-order chi connectivity index (χ0) is 12.3. The Morgan fingerprint density at radius 3 is 1.93 bits per heavy atom. The van der Waals surface area contributed by atoms with Gasteiger partial charge in [-0.2, -0.15) is 0 Å². The summed E-state index contributed by atoms with van der Waals surface area (Å²) in [6.07, 6.45) is -0.967. The second kappa shape index (κ2) is 4.84. The number of rotatable bonds is 3. The van der Waals surface area contributed by atoms with Gasteiger partial charge in [0.15, 0.2) is 0 Å². The van der Waals surface area contributed by atoms with Crippen molar-refractivity contribution in [2.45, 2.75) is 53.1 Å². The number of carbonyl (C=O) groups is 1. The van der Waals surface area contributed by atoms with Gasteiger partial charge in [0.1, 0.15) is 0 Å². The van der Waals surface area contributed by atoms with Crippen molar-refractivity contribution in [2.75, 3.05) is 6.54 Å². The van der Waals surface area contributed by atoms with E-state index in [-0.39, 0.29) is 17.0 Å². The maximum atomic E-state index is 10.6. The van der Waals surface area contributed by atoms with Gasteiger partial charge in [-0.25, -0.2) is 4.79 Å². The minimum absolute atomic E-state index is 0.00365. The minimum Gasteiger partial charge on any atom is -0.465 e. The van der Waals surface area contributed by atoms with Crippen LogP contribution < -0.4 is 10.6 Å². The number of hydrogen-bond acceptors (Lipinski definition) is 2. The van der Waals surface area contributed by atoms with Crippen LogP contribution in [-0.4, -0.2) is 29.3 Å². The van der Waals surface area contributed by atoms with Gasteiger partial charge in [0.2, 0.25) is 0 Å². The molecule has 1 atom stereocenters. The van der Waals surface area contributed by atoms with E-state index in [9.17, 15) is 4.79 Å². The summed E-state index contributed by atoms with van der Waals surface area (Å²) in [5.41, 5.74) is -0.0830. The summed E-state index contributed by atoms with van der Waals surface area (Å²) in [6.45, 7) is 12.9. The van der Waals surface area contributed by atoms with Gasteiger partial charge in [-0.3, -0.25) is 0 Å². The summed E-state index contributed by atoms with van der Waals surface area (Å²) in [5.74, 6) is 0. The third-order valence-corrected chi connectivity index (χ3v) is 2.18. The van der Waals surface area contributed by atoms with Crippen molar-refractivity contribution in [3.8, 4) is 0 Å². The Morgan fingerprint density at radius 1 is 1.20 bits per heavy atom. The summed E-state index contributed by atoms with van der Waals surface area (Å²) in [7, 11) is 0. The summed E-state index contributed by atoms with van der Waals surface area (Å²) in [5, 5.41) is 14.6. The molecule has 0 radical (unpaired) electrons. The van der Waals surface area contributed by atoms with Crippen LogP contribution in [0.4, 0.5) is 4.79 Å². The molecule has 4 heteroatoms. The number of amides is 1. The van der Waals surface area contributed by atoms with Crippen molar-refractivity contribution < 1.29 is 9.90 Å². The monoisotopic (exact) mass is 216 g/mol. The highest BCUT2D eigenvalue weighted by Crippen LogP contribution is 2.19. The van der Waals surface area contributed by atoms with E-state index in [4.69, 9.17) is 5.11 Å². The van der Waals surface area contributed by atoms with Crippen LogP contribution in [0.3, 0.4) is 0 Å². The van der Waals surface area contributed by atoms with Crippen LogP contribution in [0, 0.1) is 5.41 Å². The van der Waals surface area contributed by atoms with E-state index in [2.05, 4.69) is 31.4 Å². The van der Waals surface area contributed by atoms with Crippen molar-refractivity contribution in [3.05, 3.63) is 0 Å². The molecule has 0 aliphatic carbocycles. The van der Waals surface area contributed by atoms with Crippen molar-refractivity contribution in [2.24, 2.45) is 5.41 Å². The molecule has 0 fully saturated rings. The van der Waals surface area contributed by atoms with Gasteiger partial charge in [-0.15, -0.1) is 0 Å². The van der Waals surface area contributed by atoms with Crippen LogP contribution in [0.2, 0.25) is 0 Å². The Hall–Kier alpha value is -0.770. The van der Waals surface area contributed by atoms with E-state index < -0.39 is 6.09 Å². The van der Waals surface area contributed by atoms with Gasteiger partial charge in [0.05, 0.1) is 0 Å². The standard InChI is InChI=1S/C11H24N2O2/c1-10(2,3)8(13-9(14)15)7-12-11(4,5)6/h8,12-13H,7H2,1-6H3,(H,14,15). The van der Waals surface area contributed by atoms with Gasteiger partial charge < -0.3 is 15.7 Å². The molecule has 3 N–H and O–H groups in total. The van der Waals surface area contributed by atoms with E-state index in [1.54, 1.807) is 0 Å². The van der Waals surface area contributed by atoms with E-state index in [0.29, 0.717) is 6.54 Å². The normalized spacial score (nSPS) is 14.8. The van der Waals surface area contributed by atoms with Crippen LogP contribution in [0.5, 0.6) is 0 Å². The fourth-order valence-corrected chi connectivity index (χ4v) is 1.13. The molecule has 0 rings (SSSR count). The zero-order valence-corrected chi connectivity index (χ0v) is 10.6. The van der Waals surface area contributed by atoms with Crippen LogP contribution >= 0.6 is 0 Å². The molecule has 1 unspecified atom stereocenters. The molecule has 1 amide bonds. The molecule has 0 aromatic rings. The molecule has 0 saturated heterocycles. The topological polar surface area (TPSA) is 61.4 Å². The lowest BCUT2D eigenvalue weighted by Crippen LogP contribution is -2.52. The number of carboxylic acid groups (broad SMARTS) is 1. The lowest BCUT2D eigenvalue weighted by Gasteiger charge is -2.33. The summed E-state index contributed by atoms with van der Waals surface area (Å²) in [6, 6.07) is -0.0887. The Kier molecular flexibility index (Phi) is 4.59. The van der Waals surface area contributed by atoms with Crippen LogP contribution in [0.25, 0.3) is 0 Å². The van der Waals surface area contributed by atoms with E-state index in [1.807, 2.05) is 20.8 Å². The maximum Gasteiger partial charge on any atom is 0.404 e. The van der Waals surface area contributed by atoms with Gasteiger partial charge in [-0.05, 0) is 26.2 Å². The molecule has 0 aliphatic rings. The van der Waals surface area contributed by atoms with Crippen LogP contribution in [0.1, 0.15) is 41.5 Å². The first-order chi connectivity index (χ1) is 6.52. The highest BCUT2D eigenvalue weighted by atomic mass is 16.4. The molecular formula is C11H24N2O2. The predicted molar refractivity (Wildman–Crippen MR) is 62.2 cm³/mol. The Morgan fingerprint density at radius 2 is 1.67 bits per heavy atom. The van der Waals surface area contributed by atoms with Gasteiger partial charge >= 0.3 is 6.09 Å². The second-order valence-electron chi connectivity index (χ2n) is 6.00. The minimum atomic E-state index is -0.967. The average molecular weight is 216 g/mol. The summed E-state index contributed by atoms with van der Waals surface area (Å²) >= 11 is 0. The molecule has 0 aliphatic heterocycles. The lowest BCUT2D eigenvalue weighted by molar-refractivity contribution is 0.171. The van der Waals surface area contributed by atoms with Crippen LogP contribution in [0.15, 0.2) is 0 Å². The highest BCUT2D eigenvalue weighted by molar-refractivity contribution is 5.65. The van der Waals surface area contributed by atoms with Crippen LogP contribution in [-0.2, 0) is 0 Å². The van der Waals surface area contributed by atoms with Crippen molar-refractivity contribution >= 4 is 6.09 Å². The largest absolute Gasteiger partial charge is 0.465 e. The molecule has 0 saturated carbocycles. The molecule has 0 aromatic carbocycles. The fourth-order valence-electron chi connectivity index (χ4n) is 1.13. The Bertz CT molecular complexity index is 214. The van der Waals surface area contributed by atoms with Gasteiger partial charge in [0.25, 0.3) is 0 Å². The molecule has 0 bridgehead atoms. The quantitative estimate of drug-likeness (QED) is 0.676. The predicted octanol–water partition coefficient (Wildman–Crippen LogP) is 2.06. The van der Waals surface area contributed by atoms with Gasteiger partial charge in [-0.1, -0.05) is 20.8 Å². The first-order valence-electron chi connectivity index (χ1n) is 5.27. The van der Waals surface area contributed by atoms with Crippen molar-refractivity contribution in [3.63, 3.8) is 0 Å². The third-order valence-electron chi connectivity index (χ3n) is 2.18. The average Bonchev–Trinajstić information content (AvgIpc) is 1.93. The molecular weight excluding hydrogens is 192 g/mol. The molecule has 15 heavy (non-hydrogen) atoms. The smallest absolute Gasteiger partial charge is 0.404 e. The molecule has 90 valence electrons. The van der Waals surface area contributed by atoms with Crippen molar-refractivity contribution in [1.82, 2.24) is 10.6 Å². The molecule has 0 heterocycles. The zero-order valence-electron chi connectivity index (χ0n) is 10.6. The SMILES string of the molecule is CC(C)(C)NCC(NC(=O)O)C(C)(C)C.